The second-order valence-electron chi connectivity index (χ2n) is 5.60. The minimum atomic E-state index is -0.242. The van der Waals surface area contributed by atoms with Gasteiger partial charge in [0.25, 0.3) is 11.8 Å². The summed E-state index contributed by atoms with van der Waals surface area (Å²) in [6.07, 6.45) is 0. The highest BCUT2D eigenvalue weighted by atomic mass is 16.5. The fourth-order valence-corrected chi connectivity index (χ4v) is 2.32. The molecule has 0 atom stereocenters. The van der Waals surface area contributed by atoms with Gasteiger partial charge in [-0.3, -0.25) is 9.59 Å². The van der Waals surface area contributed by atoms with E-state index in [2.05, 4.69) is 10.6 Å². The number of nitrogens with one attached hydrogen (secondary N) is 2. The van der Waals surface area contributed by atoms with E-state index in [1.165, 1.54) is 0 Å². The summed E-state index contributed by atoms with van der Waals surface area (Å²) in [5.74, 6) is -0.471. The third-order valence-corrected chi connectivity index (χ3v) is 3.61. The van der Waals surface area contributed by atoms with Gasteiger partial charge in [-0.05, 0) is 43.7 Å². The van der Waals surface area contributed by atoms with Crippen molar-refractivity contribution >= 4 is 17.5 Å². The van der Waals surface area contributed by atoms with E-state index in [1.54, 1.807) is 31.4 Å². The number of hydrogen-bond acceptors (Lipinski definition) is 3. The molecule has 2 N–H and O–H groups in total. The van der Waals surface area contributed by atoms with Crippen LogP contribution in [0.1, 0.15) is 31.8 Å². The number of aryl methyl sites for hydroxylation is 2. The van der Waals surface area contributed by atoms with Crippen molar-refractivity contribution in [1.29, 1.82) is 0 Å². The number of carbonyl (C=O) groups is 2. The zero-order valence-electron chi connectivity index (χ0n) is 14.2. The molecule has 0 aliphatic heterocycles. The second kappa shape index (κ2) is 8.26. The first-order valence-electron chi connectivity index (χ1n) is 7.77. The molecule has 2 amide bonds. The summed E-state index contributed by atoms with van der Waals surface area (Å²) < 4.78 is 4.90. The number of hydrogen-bond donors (Lipinski definition) is 2. The Hall–Kier alpha value is -2.66. The van der Waals surface area contributed by atoms with E-state index in [1.807, 2.05) is 32.0 Å². The van der Waals surface area contributed by atoms with Crippen molar-refractivity contribution in [2.24, 2.45) is 0 Å². The van der Waals surface area contributed by atoms with Crippen molar-refractivity contribution in [1.82, 2.24) is 5.32 Å². The van der Waals surface area contributed by atoms with E-state index in [0.717, 1.165) is 16.8 Å². The van der Waals surface area contributed by atoms with E-state index in [4.69, 9.17) is 4.74 Å². The number of rotatable bonds is 6. The molecule has 0 bridgehead atoms. The SMILES string of the molecule is COCCNC(=O)c1cccc(C(=O)Nc2ccc(C)cc2C)c1. The Labute approximate surface area is 142 Å². The van der Waals surface area contributed by atoms with E-state index >= 15 is 0 Å². The molecule has 0 unspecified atom stereocenters. The Balaban J connectivity index is 2.09. The summed E-state index contributed by atoms with van der Waals surface area (Å²) in [5, 5.41) is 5.62. The van der Waals surface area contributed by atoms with Crippen LogP contribution < -0.4 is 10.6 Å². The van der Waals surface area contributed by atoms with Crippen molar-refractivity contribution in [3.8, 4) is 0 Å². The van der Waals surface area contributed by atoms with Crippen LogP contribution in [0.4, 0.5) is 5.69 Å². The highest BCUT2D eigenvalue weighted by Crippen LogP contribution is 2.17. The Kier molecular flexibility index (Phi) is 6.09. The van der Waals surface area contributed by atoms with E-state index in [0.29, 0.717) is 24.3 Å². The molecule has 0 aliphatic rings. The summed E-state index contributed by atoms with van der Waals surface area (Å²) in [4.78, 5) is 24.5. The Morgan fingerprint density at radius 2 is 1.71 bits per heavy atom. The van der Waals surface area contributed by atoms with Gasteiger partial charge in [0.05, 0.1) is 6.61 Å². The molecule has 2 rings (SSSR count). The van der Waals surface area contributed by atoms with Gasteiger partial charge >= 0.3 is 0 Å². The quantitative estimate of drug-likeness (QED) is 0.802. The number of methoxy groups -OCH3 is 1. The minimum absolute atomic E-state index is 0.229. The maximum absolute atomic E-state index is 12.4. The number of amides is 2. The first-order valence-corrected chi connectivity index (χ1v) is 7.77. The standard InChI is InChI=1S/C19H22N2O3/c1-13-7-8-17(14(2)11-13)21-19(23)16-6-4-5-15(12-16)18(22)20-9-10-24-3/h4-8,11-12H,9-10H2,1-3H3,(H,20,22)(H,21,23). The molecule has 0 aliphatic carbocycles. The monoisotopic (exact) mass is 326 g/mol. The lowest BCUT2D eigenvalue weighted by molar-refractivity contribution is 0.0937. The van der Waals surface area contributed by atoms with Crippen LogP contribution >= 0.6 is 0 Å². The van der Waals surface area contributed by atoms with Gasteiger partial charge in [0.2, 0.25) is 0 Å². The molecule has 0 heterocycles. The number of benzene rings is 2. The molecular weight excluding hydrogens is 304 g/mol. The van der Waals surface area contributed by atoms with E-state index in [9.17, 15) is 9.59 Å². The van der Waals surface area contributed by atoms with Gasteiger partial charge in [-0.15, -0.1) is 0 Å². The van der Waals surface area contributed by atoms with Crippen molar-refractivity contribution in [3.63, 3.8) is 0 Å². The molecule has 0 saturated carbocycles. The van der Waals surface area contributed by atoms with Gasteiger partial charge in [0.1, 0.15) is 0 Å². The van der Waals surface area contributed by atoms with Gasteiger partial charge in [0.15, 0.2) is 0 Å². The average Bonchev–Trinajstić information content (AvgIpc) is 2.57. The number of ether oxygens (including phenoxy) is 1. The predicted octanol–water partition coefficient (Wildman–Crippen LogP) is 2.93. The van der Waals surface area contributed by atoms with Crippen LogP contribution in [0.25, 0.3) is 0 Å². The normalized spacial score (nSPS) is 10.3. The third kappa shape index (κ3) is 4.67. The maximum atomic E-state index is 12.4. The summed E-state index contributed by atoms with van der Waals surface area (Å²) in [6, 6.07) is 12.5. The molecule has 0 saturated heterocycles. The van der Waals surface area contributed by atoms with Crippen LogP contribution in [0.3, 0.4) is 0 Å². The number of anilines is 1. The molecule has 24 heavy (non-hydrogen) atoms. The fourth-order valence-electron chi connectivity index (χ4n) is 2.32. The second-order valence-corrected chi connectivity index (χ2v) is 5.60. The first kappa shape index (κ1) is 17.7. The molecule has 2 aromatic carbocycles. The van der Waals surface area contributed by atoms with E-state index < -0.39 is 0 Å². The molecule has 0 radical (unpaired) electrons. The van der Waals surface area contributed by atoms with Gasteiger partial charge in [-0.2, -0.15) is 0 Å². The smallest absolute Gasteiger partial charge is 0.255 e. The van der Waals surface area contributed by atoms with Gasteiger partial charge in [0, 0.05) is 30.5 Å². The molecule has 126 valence electrons. The van der Waals surface area contributed by atoms with Gasteiger partial charge in [-0.25, -0.2) is 0 Å². The van der Waals surface area contributed by atoms with Crippen molar-refractivity contribution in [3.05, 3.63) is 64.7 Å². The van der Waals surface area contributed by atoms with Gasteiger partial charge < -0.3 is 15.4 Å². The van der Waals surface area contributed by atoms with Crippen LogP contribution in [0.5, 0.6) is 0 Å². The lowest BCUT2D eigenvalue weighted by Gasteiger charge is -2.10. The lowest BCUT2D eigenvalue weighted by atomic mass is 10.1. The van der Waals surface area contributed by atoms with E-state index in [-0.39, 0.29) is 11.8 Å². The molecule has 0 aromatic heterocycles. The Bertz CT molecular complexity index is 741. The van der Waals surface area contributed by atoms with Crippen LogP contribution in [0, 0.1) is 13.8 Å². The Morgan fingerprint density at radius 3 is 2.38 bits per heavy atom. The summed E-state index contributed by atoms with van der Waals surface area (Å²) >= 11 is 0. The zero-order valence-corrected chi connectivity index (χ0v) is 14.2. The zero-order chi connectivity index (χ0) is 17.5. The largest absolute Gasteiger partial charge is 0.383 e. The highest BCUT2D eigenvalue weighted by molar-refractivity contribution is 6.06. The molecular formula is C19H22N2O3. The average molecular weight is 326 g/mol. The van der Waals surface area contributed by atoms with Crippen LogP contribution in [0.15, 0.2) is 42.5 Å². The van der Waals surface area contributed by atoms with Crippen LogP contribution in [-0.4, -0.2) is 32.1 Å². The first-order chi connectivity index (χ1) is 11.5. The van der Waals surface area contributed by atoms with Crippen molar-refractivity contribution < 1.29 is 14.3 Å². The molecule has 2 aromatic rings. The molecule has 0 spiro atoms. The summed E-state index contributed by atoms with van der Waals surface area (Å²) in [5.41, 5.74) is 3.78. The van der Waals surface area contributed by atoms with Crippen molar-refractivity contribution in [2.75, 3.05) is 25.6 Å². The summed E-state index contributed by atoms with van der Waals surface area (Å²) in [7, 11) is 1.57. The topological polar surface area (TPSA) is 67.4 Å². The molecule has 0 fully saturated rings. The predicted molar refractivity (Wildman–Crippen MR) is 94.5 cm³/mol. The maximum Gasteiger partial charge on any atom is 0.255 e. The van der Waals surface area contributed by atoms with Gasteiger partial charge in [-0.1, -0.05) is 23.8 Å². The lowest BCUT2D eigenvalue weighted by Crippen LogP contribution is -2.27. The minimum Gasteiger partial charge on any atom is -0.383 e. The number of carbonyl (C=O) groups excluding carboxylic acids is 2. The fraction of sp³-hybridized carbons (Fsp3) is 0.263. The molecule has 5 nitrogen and oxygen atoms in total. The third-order valence-electron chi connectivity index (χ3n) is 3.61. The Morgan fingerprint density at radius 1 is 1.00 bits per heavy atom. The van der Waals surface area contributed by atoms with Crippen LogP contribution in [-0.2, 0) is 4.74 Å². The van der Waals surface area contributed by atoms with Crippen molar-refractivity contribution in [2.45, 2.75) is 13.8 Å². The summed E-state index contributed by atoms with van der Waals surface area (Å²) in [6.45, 7) is 4.82. The molecule has 5 heteroatoms. The van der Waals surface area contributed by atoms with Crippen LogP contribution in [0.2, 0.25) is 0 Å². The highest BCUT2D eigenvalue weighted by Gasteiger charge is 2.11.